The van der Waals surface area contributed by atoms with Gasteiger partial charge in [-0.05, 0) is 63.9 Å². The second-order valence-corrected chi connectivity index (χ2v) is 8.51. The summed E-state index contributed by atoms with van der Waals surface area (Å²) in [5.41, 5.74) is 4.89. The number of amides is 1. The maximum Gasteiger partial charge on any atom is 0.257 e. The van der Waals surface area contributed by atoms with Gasteiger partial charge in [-0.3, -0.25) is 15.0 Å². The zero-order valence-corrected chi connectivity index (χ0v) is 17.3. The van der Waals surface area contributed by atoms with Crippen molar-refractivity contribution >= 4 is 33.4 Å². The zero-order chi connectivity index (χ0) is 19.7. The molecule has 1 fully saturated rings. The number of fused-ring (bicyclic) bond motifs is 1. The topological polar surface area (TPSA) is 71.0 Å². The highest BCUT2D eigenvalue weighted by Crippen LogP contribution is 2.22. The van der Waals surface area contributed by atoms with Crippen molar-refractivity contribution in [1.29, 1.82) is 0 Å². The van der Waals surface area contributed by atoms with Crippen LogP contribution in [0.25, 0.3) is 11.0 Å². The van der Waals surface area contributed by atoms with Crippen LogP contribution in [0.4, 0.5) is 5.13 Å². The van der Waals surface area contributed by atoms with Crippen LogP contribution in [0.15, 0.2) is 23.6 Å². The fourth-order valence-corrected chi connectivity index (χ4v) is 4.12. The zero-order valence-electron chi connectivity index (χ0n) is 16.5. The van der Waals surface area contributed by atoms with Crippen LogP contribution in [-0.2, 0) is 6.54 Å². The number of carbonyl (C=O) groups is 1. The number of nitrogens with zero attached hydrogens (tertiary/aromatic N) is 4. The summed E-state index contributed by atoms with van der Waals surface area (Å²) in [5, 5.41) is 5.58. The molecule has 0 bridgehead atoms. The van der Waals surface area contributed by atoms with Gasteiger partial charge < -0.3 is 0 Å². The van der Waals surface area contributed by atoms with Gasteiger partial charge in [-0.15, -0.1) is 11.3 Å². The van der Waals surface area contributed by atoms with Crippen molar-refractivity contribution in [2.75, 3.05) is 18.4 Å². The maximum absolute atomic E-state index is 12.6. The van der Waals surface area contributed by atoms with Crippen LogP contribution < -0.4 is 5.32 Å². The van der Waals surface area contributed by atoms with Gasteiger partial charge in [0.05, 0.1) is 28.1 Å². The lowest BCUT2D eigenvalue weighted by molar-refractivity contribution is 0.102. The average molecular weight is 396 g/mol. The molecule has 2 aromatic heterocycles. The number of thiazole rings is 1. The minimum Gasteiger partial charge on any atom is -0.298 e. The van der Waals surface area contributed by atoms with Crippen LogP contribution in [-0.4, -0.2) is 38.8 Å². The SMILES string of the molecule is Cc1nc2ccc(C(=O)Nc3nc(CN4CCC(C)CC4)cs3)cc2nc1C. The highest BCUT2D eigenvalue weighted by molar-refractivity contribution is 7.14. The van der Waals surface area contributed by atoms with Crippen LogP contribution >= 0.6 is 11.3 Å². The van der Waals surface area contributed by atoms with Gasteiger partial charge in [-0.1, -0.05) is 6.92 Å². The van der Waals surface area contributed by atoms with Crippen LogP contribution in [0.5, 0.6) is 0 Å². The van der Waals surface area contributed by atoms with E-state index >= 15 is 0 Å². The fraction of sp³-hybridized carbons (Fsp3) is 0.429. The minimum atomic E-state index is -0.172. The third kappa shape index (κ3) is 4.20. The van der Waals surface area contributed by atoms with E-state index in [1.807, 2.05) is 25.3 Å². The number of carbonyl (C=O) groups excluding carboxylic acids is 1. The van der Waals surface area contributed by atoms with E-state index in [0.717, 1.165) is 53.7 Å². The molecule has 0 aliphatic carbocycles. The number of anilines is 1. The van der Waals surface area contributed by atoms with Crippen molar-refractivity contribution in [3.05, 3.63) is 46.2 Å². The Kier molecular flexibility index (Phi) is 5.37. The quantitative estimate of drug-likeness (QED) is 0.717. The molecule has 6 nitrogen and oxygen atoms in total. The predicted molar refractivity (Wildman–Crippen MR) is 113 cm³/mol. The molecule has 3 heterocycles. The van der Waals surface area contributed by atoms with Crippen molar-refractivity contribution in [2.24, 2.45) is 5.92 Å². The van der Waals surface area contributed by atoms with Crippen LogP contribution in [0.1, 0.15) is 47.2 Å². The van der Waals surface area contributed by atoms with Crippen molar-refractivity contribution in [1.82, 2.24) is 19.9 Å². The molecular formula is C21H25N5OS. The Labute approximate surface area is 169 Å². The molecule has 1 N–H and O–H groups in total. The molecule has 146 valence electrons. The largest absolute Gasteiger partial charge is 0.298 e. The Morgan fingerprint density at radius 2 is 1.86 bits per heavy atom. The molecule has 1 saturated heterocycles. The van der Waals surface area contributed by atoms with E-state index in [1.165, 1.54) is 24.2 Å². The minimum absolute atomic E-state index is 0.172. The van der Waals surface area contributed by atoms with Gasteiger partial charge in [0.1, 0.15) is 0 Å². The first-order valence-corrected chi connectivity index (χ1v) is 10.6. The van der Waals surface area contributed by atoms with E-state index in [9.17, 15) is 4.79 Å². The monoisotopic (exact) mass is 395 g/mol. The number of likely N-dealkylation sites (tertiary alicyclic amines) is 1. The third-order valence-electron chi connectivity index (χ3n) is 5.37. The van der Waals surface area contributed by atoms with Crippen molar-refractivity contribution in [3.63, 3.8) is 0 Å². The first kappa shape index (κ1) is 19.0. The van der Waals surface area contributed by atoms with Gasteiger partial charge in [0.2, 0.25) is 0 Å². The summed E-state index contributed by atoms with van der Waals surface area (Å²) in [7, 11) is 0. The summed E-state index contributed by atoms with van der Waals surface area (Å²) >= 11 is 1.47. The lowest BCUT2D eigenvalue weighted by Crippen LogP contribution is -2.32. The molecule has 4 rings (SSSR count). The molecular weight excluding hydrogens is 370 g/mol. The van der Waals surface area contributed by atoms with E-state index in [4.69, 9.17) is 0 Å². The molecule has 28 heavy (non-hydrogen) atoms. The number of nitrogens with one attached hydrogen (secondary N) is 1. The molecule has 1 aromatic carbocycles. The van der Waals surface area contributed by atoms with Gasteiger partial charge in [0, 0.05) is 17.5 Å². The predicted octanol–water partition coefficient (Wildman–Crippen LogP) is 4.19. The average Bonchev–Trinajstić information content (AvgIpc) is 3.11. The molecule has 3 aromatic rings. The molecule has 0 unspecified atom stereocenters. The number of benzene rings is 1. The normalized spacial score (nSPS) is 15.8. The van der Waals surface area contributed by atoms with Gasteiger partial charge in [-0.2, -0.15) is 0 Å². The second kappa shape index (κ2) is 7.93. The number of aryl methyl sites for hydroxylation is 2. The standard InChI is InChI=1S/C21H25N5OS/c1-13-6-8-26(9-7-13)11-17-12-28-21(24-17)25-20(27)16-4-5-18-19(10-16)23-15(3)14(2)22-18/h4-5,10,12-13H,6-9,11H2,1-3H3,(H,24,25,27). The number of hydrogen-bond donors (Lipinski definition) is 1. The highest BCUT2D eigenvalue weighted by Gasteiger charge is 2.17. The van der Waals surface area contributed by atoms with Gasteiger partial charge >= 0.3 is 0 Å². The smallest absolute Gasteiger partial charge is 0.257 e. The van der Waals surface area contributed by atoms with Crippen LogP contribution in [0, 0.1) is 19.8 Å². The van der Waals surface area contributed by atoms with E-state index in [1.54, 1.807) is 12.1 Å². The second-order valence-electron chi connectivity index (χ2n) is 7.65. The maximum atomic E-state index is 12.6. The van der Waals surface area contributed by atoms with Gasteiger partial charge in [-0.25, -0.2) is 15.0 Å². The lowest BCUT2D eigenvalue weighted by atomic mass is 9.99. The summed E-state index contributed by atoms with van der Waals surface area (Å²) in [6, 6.07) is 5.41. The van der Waals surface area contributed by atoms with E-state index in [-0.39, 0.29) is 5.91 Å². The Balaban J connectivity index is 1.43. The molecule has 0 spiro atoms. The van der Waals surface area contributed by atoms with Gasteiger partial charge in [0.15, 0.2) is 5.13 Å². The fourth-order valence-electron chi connectivity index (χ4n) is 3.43. The number of rotatable bonds is 4. The number of hydrogen-bond acceptors (Lipinski definition) is 6. The molecule has 7 heteroatoms. The van der Waals surface area contributed by atoms with Crippen LogP contribution in [0.2, 0.25) is 0 Å². The van der Waals surface area contributed by atoms with E-state index in [0.29, 0.717) is 10.7 Å². The summed E-state index contributed by atoms with van der Waals surface area (Å²) in [6.07, 6.45) is 2.50. The molecule has 0 atom stereocenters. The molecule has 1 aliphatic heterocycles. The summed E-state index contributed by atoms with van der Waals surface area (Å²) in [5.74, 6) is 0.649. The third-order valence-corrected chi connectivity index (χ3v) is 6.18. The van der Waals surface area contributed by atoms with Crippen molar-refractivity contribution in [2.45, 2.75) is 40.2 Å². The first-order valence-electron chi connectivity index (χ1n) is 9.71. The summed E-state index contributed by atoms with van der Waals surface area (Å²) < 4.78 is 0. The number of piperidine rings is 1. The Morgan fingerprint density at radius 3 is 2.61 bits per heavy atom. The lowest BCUT2D eigenvalue weighted by Gasteiger charge is -2.29. The summed E-state index contributed by atoms with van der Waals surface area (Å²) in [4.78, 5) is 28.7. The van der Waals surface area contributed by atoms with E-state index < -0.39 is 0 Å². The Hall–Kier alpha value is -2.38. The number of aromatic nitrogens is 3. The molecule has 1 amide bonds. The van der Waals surface area contributed by atoms with Crippen molar-refractivity contribution < 1.29 is 4.79 Å². The van der Waals surface area contributed by atoms with Crippen molar-refractivity contribution in [3.8, 4) is 0 Å². The van der Waals surface area contributed by atoms with E-state index in [2.05, 4.69) is 32.1 Å². The molecule has 0 radical (unpaired) electrons. The van der Waals surface area contributed by atoms with Crippen LogP contribution in [0.3, 0.4) is 0 Å². The summed E-state index contributed by atoms with van der Waals surface area (Å²) in [6.45, 7) is 9.27. The Bertz CT molecular complexity index is 1010. The van der Waals surface area contributed by atoms with Gasteiger partial charge in [0.25, 0.3) is 5.91 Å². The first-order chi connectivity index (χ1) is 13.5. The molecule has 1 aliphatic rings. The molecule has 0 saturated carbocycles. The Morgan fingerprint density at radius 1 is 1.14 bits per heavy atom. The highest BCUT2D eigenvalue weighted by atomic mass is 32.1.